The molecule has 100 valence electrons. The van der Waals surface area contributed by atoms with Crippen LogP contribution in [-0.4, -0.2) is 39.9 Å². The Morgan fingerprint density at radius 3 is 2.68 bits per heavy atom. The van der Waals surface area contributed by atoms with Crippen molar-refractivity contribution in [3.05, 3.63) is 28.5 Å². The number of aromatic nitrogens is 1. The maximum atomic E-state index is 12.3. The van der Waals surface area contributed by atoms with Gasteiger partial charge in [0.1, 0.15) is 10.4 Å². The van der Waals surface area contributed by atoms with Gasteiger partial charge in [0.05, 0.1) is 6.07 Å². The zero-order valence-corrected chi connectivity index (χ0v) is 13.0. The molecule has 0 aliphatic carbocycles. The van der Waals surface area contributed by atoms with E-state index < -0.39 is 0 Å². The Bertz CT molecular complexity index is 504. The highest BCUT2D eigenvalue weighted by Gasteiger charge is 2.35. The first-order valence-corrected chi connectivity index (χ1v) is 7.99. The first-order chi connectivity index (χ1) is 9.10. The van der Waals surface area contributed by atoms with Crippen molar-refractivity contribution in [2.24, 2.45) is 0 Å². The lowest BCUT2D eigenvalue weighted by Gasteiger charge is -2.35. The molecule has 1 aromatic rings. The summed E-state index contributed by atoms with van der Waals surface area (Å²) in [5.74, 6) is -0.0554. The molecular formula is C13H14BrN3OS. The van der Waals surface area contributed by atoms with E-state index in [1.54, 1.807) is 28.9 Å². The quantitative estimate of drug-likeness (QED) is 0.831. The number of nitriles is 1. The largest absolute Gasteiger partial charge is 0.337 e. The molecule has 0 N–H and O–H groups in total. The Kier molecular flexibility index (Phi) is 4.48. The van der Waals surface area contributed by atoms with Gasteiger partial charge < -0.3 is 4.90 Å². The summed E-state index contributed by atoms with van der Waals surface area (Å²) in [5, 5.41) is 9.22. The van der Waals surface area contributed by atoms with Crippen molar-refractivity contribution >= 4 is 33.6 Å². The van der Waals surface area contributed by atoms with Crippen LogP contribution in [0, 0.1) is 11.3 Å². The third kappa shape index (κ3) is 3.10. The van der Waals surface area contributed by atoms with E-state index >= 15 is 0 Å². The van der Waals surface area contributed by atoms with Crippen molar-refractivity contribution in [3.63, 3.8) is 0 Å². The van der Waals surface area contributed by atoms with Crippen LogP contribution in [0.25, 0.3) is 0 Å². The molecule has 0 spiro atoms. The van der Waals surface area contributed by atoms with Crippen molar-refractivity contribution < 1.29 is 4.79 Å². The summed E-state index contributed by atoms with van der Waals surface area (Å²) in [6.07, 6.45) is 5.01. The van der Waals surface area contributed by atoms with E-state index in [2.05, 4.69) is 27.0 Å². The third-order valence-electron chi connectivity index (χ3n) is 3.40. The first-order valence-electron chi connectivity index (χ1n) is 5.97. The lowest BCUT2D eigenvalue weighted by atomic mass is 9.97. The van der Waals surface area contributed by atoms with Crippen molar-refractivity contribution in [2.45, 2.75) is 17.6 Å². The molecule has 0 atom stereocenters. The number of piperidine rings is 1. The number of carbonyl (C=O) groups is 1. The first kappa shape index (κ1) is 14.4. The van der Waals surface area contributed by atoms with Crippen LogP contribution in [0.3, 0.4) is 0 Å². The molecule has 19 heavy (non-hydrogen) atoms. The highest BCUT2D eigenvalue weighted by Crippen LogP contribution is 2.34. The molecule has 2 heterocycles. The van der Waals surface area contributed by atoms with Crippen LogP contribution in [0.15, 0.2) is 22.8 Å². The zero-order chi connectivity index (χ0) is 13.9. The second-order valence-corrected chi connectivity index (χ2v) is 6.57. The van der Waals surface area contributed by atoms with Crippen molar-refractivity contribution in [1.29, 1.82) is 5.26 Å². The van der Waals surface area contributed by atoms with E-state index in [0.29, 0.717) is 31.6 Å². The number of hydrogen-bond donors (Lipinski definition) is 0. The number of nitrogens with zero attached hydrogens (tertiary/aromatic N) is 3. The highest BCUT2D eigenvalue weighted by atomic mass is 79.9. The fourth-order valence-electron chi connectivity index (χ4n) is 2.10. The van der Waals surface area contributed by atoms with Crippen LogP contribution in [-0.2, 0) is 0 Å². The van der Waals surface area contributed by atoms with Gasteiger partial charge in [-0.25, -0.2) is 4.98 Å². The van der Waals surface area contributed by atoms with Crippen LogP contribution in [0.5, 0.6) is 0 Å². The third-order valence-corrected chi connectivity index (χ3v) is 5.15. The standard InChI is InChI=1S/C13H14BrN3OS/c1-19-13(9-15)4-6-17(7-5-13)12(18)11-3-2-10(14)8-16-11/h2-3,8H,4-7H2,1H3. The molecule has 0 radical (unpaired) electrons. The molecule has 0 saturated carbocycles. The van der Waals surface area contributed by atoms with Crippen LogP contribution < -0.4 is 0 Å². The van der Waals surface area contributed by atoms with Gasteiger partial charge in [0.2, 0.25) is 0 Å². The molecule has 1 aliphatic heterocycles. The highest BCUT2D eigenvalue weighted by molar-refractivity contribution is 9.10. The van der Waals surface area contributed by atoms with Gasteiger partial charge in [-0.15, -0.1) is 11.8 Å². The van der Waals surface area contributed by atoms with E-state index in [-0.39, 0.29) is 10.7 Å². The molecule has 2 rings (SSSR count). The van der Waals surface area contributed by atoms with Crippen LogP contribution in [0.4, 0.5) is 0 Å². The van der Waals surface area contributed by atoms with Gasteiger partial charge in [-0.1, -0.05) is 0 Å². The molecular weight excluding hydrogens is 326 g/mol. The summed E-state index contributed by atoms with van der Waals surface area (Å²) in [6, 6.07) is 5.90. The summed E-state index contributed by atoms with van der Waals surface area (Å²) in [6.45, 7) is 1.23. The number of hydrogen-bond acceptors (Lipinski definition) is 4. The van der Waals surface area contributed by atoms with Gasteiger partial charge >= 0.3 is 0 Å². The number of carbonyl (C=O) groups excluding carboxylic acids is 1. The zero-order valence-electron chi connectivity index (χ0n) is 10.6. The van der Waals surface area contributed by atoms with Gasteiger partial charge in [-0.2, -0.15) is 5.26 Å². The number of pyridine rings is 1. The second-order valence-electron chi connectivity index (χ2n) is 4.46. The summed E-state index contributed by atoms with van der Waals surface area (Å²) < 4.78 is 0.526. The number of rotatable bonds is 2. The van der Waals surface area contributed by atoms with Gasteiger partial charge in [-0.3, -0.25) is 4.79 Å². The van der Waals surface area contributed by atoms with E-state index in [9.17, 15) is 10.1 Å². The minimum atomic E-state index is -0.329. The minimum absolute atomic E-state index is 0.0554. The molecule has 6 heteroatoms. The van der Waals surface area contributed by atoms with Gasteiger partial charge in [-0.05, 0) is 47.2 Å². The summed E-state index contributed by atoms with van der Waals surface area (Å²) in [5.41, 5.74) is 0.455. The van der Waals surface area contributed by atoms with Crippen molar-refractivity contribution in [3.8, 4) is 6.07 Å². The molecule has 1 aliphatic rings. The lowest BCUT2D eigenvalue weighted by molar-refractivity contribution is 0.0710. The predicted octanol–water partition coefficient (Wildman–Crippen LogP) is 2.71. The molecule has 1 fully saturated rings. The van der Waals surface area contributed by atoms with Gasteiger partial charge in [0, 0.05) is 23.8 Å². The topological polar surface area (TPSA) is 57.0 Å². The lowest BCUT2D eigenvalue weighted by Crippen LogP contribution is -2.44. The fraction of sp³-hybridized carbons (Fsp3) is 0.462. The van der Waals surface area contributed by atoms with E-state index in [1.165, 1.54) is 0 Å². The average molecular weight is 340 g/mol. The molecule has 4 nitrogen and oxygen atoms in total. The summed E-state index contributed by atoms with van der Waals surface area (Å²) in [7, 11) is 0. The molecule has 0 bridgehead atoms. The Balaban J connectivity index is 2.04. The summed E-state index contributed by atoms with van der Waals surface area (Å²) >= 11 is 4.88. The number of amides is 1. The smallest absolute Gasteiger partial charge is 0.272 e. The van der Waals surface area contributed by atoms with Crippen LogP contribution in [0.2, 0.25) is 0 Å². The van der Waals surface area contributed by atoms with Crippen molar-refractivity contribution in [1.82, 2.24) is 9.88 Å². The minimum Gasteiger partial charge on any atom is -0.337 e. The molecule has 0 unspecified atom stereocenters. The Morgan fingerprint density at radius 2 is 2.21 bits per heavy atom. The van der Waals surface area contributed by atoms with E-state index in [0.717, 1.165) is 4.47 Å². The Labute approximate surface area is 125 Å². The van der Waals surface area contributed by atoms with Crippen LogP contribution in [0.1, 0.15) is 23.3 Å². The Hall–Kier alpha value is -1.06. The number of likely N-dealkylation sites (tertiary alicyclic amines) is 1. The Morgan fingerprint density at radius 1 is 1.53 bits per heavy atom. The molecule has 1 saturated heterocycles. The van der Waals surface area contributed by atoms with E-state index in [4.69, 9.17) is 0 Å². The maximum absolute atomic E-state index is 12.3. The SMILES string of the molecule is CSC1(C#N)CCN(C(=O)c2ccc(Br)cn2)CC1. The fourth-order valence-corrected chi connectivity index (χ4v) is 3.01. The van der Waals surface area contributed by atoms with E-state index in [1.807, 2.05) is 12.3 Å². The summed E-state index contributed by atoms with van der Waals surface area (Å²) in [4.78, 5) is 18.2. The second kappa shape index (κ2) is 5.93. The molecule has 0 aromatic carbocycles. The normalized spacial score (nSPS) is 17.8. The number of thioether (sulfide) groups is 1. The van der Waals surface area contributed by atoms with Gasteiger partial charge in [0.15, 0.2) is 0 Å². The molecule has 1 aromatic heterocycles. The average Bonchev–Trinajstić information content (AvgIpc) is 2.47. The molecule has 1 amide bonds. The predicted molar refractivity (Wildman–Crippen MR) is 78.9 cm³/mol. The van der Waals surface area contributed by atoms with Crippen molar-refractivity contribution in [2.75, 3.05) is 19.3 Å². The monoisotopic (exact) mass is 339 g/mol. The van der Waals surface area contributed by atoms with Crippen LogP contribution >= 0.6 is 27.7 Å². The maximum Gasteiger partial charge on any atom is 0.272 e. The number of halogens is 1. The van der Waals surface area contributed by atoms with Gasteiger partial charge in [0.25, 0.3) is 5.91 Å².